The van der Waals surface area contributed by atoms with E-state index >= 15 is 0 Å². The molecule has 0 aromatic heterocycles. The van der Waals surface area contributed by atoms with E-state index in [-0.39, 0.29) is 12.6 Å². The van der Waals surface area contributed by atoms with Crippen molar-refractivity contribution < 1.29 is 14.3 Å². The van der Waals surface area contributed by atoms with Gasteiger partial charge in [-0.05, 0) is 30.7 Å². The van der Waals surface area contributed by atoms with Crippen molar-refractivity contribution >= 4 is 5.97 Å². The summed E-state index contributed by atoms with van der Waals surface area (Å²) in [4.78, 5) is 11.6. The number of carbonyl (C=O) groups is 1. The Bertz CT molecular complexity index is 393. The maximum Gasteiger partial charge on any atom is 0.338 e. The normalized spacial score (nSPS) is 10.2. The van der Waals surface area contributed by atoms with Crippen LogP contribution >= 0.6 is 0 Å². The smallest absolute Gasteiger partial charge is 0.338 e. The highest BCUT2D eigenvalue weighted by Crippen LogP contribution is 2.03. The molecule has 0 unspecified atom stereocenters. The molecule has 1 rings (SSSR count). The molecule has 0 fully saturated rings. The molecule has 0 radical (unpaired) electrons. The van der Waals surface area contributed by atoms with Gasteiger partial charge >= 0.3 is 5.97 Å². The largest absolute Gasteiger partial charge is 0.501 e. The first-order chi connectivity index (χ1) is 8.24. The first-order valence-electron chi connectivity index (χ1n) is 5.42. The summed E-state index contributed by atoms with van der Waals surface area (Å²) in [5.74, 6) is -0.350. The van der Waals surface area contributed by atoms with Crippen LogP contribution in [0.3, 0.4) is 0 Å². The van der Waals surface area contributed by atoms with Crippen molar-refractivity contribution in [3.8, 4) is 0 Å². The maximum absolute atomic E-state index is 11.6. The van der Waals surface area contributed by atoms with Crippen LogP contribution in [-0.4, -0.2) is 19.2 Å². The maximum atomic E-state index is 11.6. The van der Waals surface area contributed by atoms with Crippen molar-refractivity contribution in [1.82, 2.24) is 0 Å². The second-order valence-corrected chi connectivity index (χ2v) is 3.36. The Morgan fingerprint density at radius 3 is 2.71 bits per heavy atom. The molecule has 0 aliphatic carbocycles. The van der Waals surface area contributed by atoms with Gasteiger partial charge in [-0.2, -0.15) is 0 Å². The minimum atomic E-state index is -0.350. The van der Waals surface area contributed by atoms with Gasteiger partial charge in [-0.1, -0.05) is 24.8 Å². The summed E-state index contributed by atoms with van der Waals surface area (Å²) in [6.07, 6.45) is 3.22. The number of hydrogen-bond acceptors (Lipinski definition) is 3. The summed E-state index contributed by atoms with van der Waals surface area (Å²) >= 11 is 0. The standard InChI is InChI=1S/C14H16O3/c1-3-16-10-9-12(2)11-17-14(15)13-7-5-4-6-8-13/h4-10H,2-3,11H2,1H3/b10-9-. The van der Waals surface area contributed by atoms with Gasteiger partial charge in [0, 0.05) is 0 Å². The van der Waals surface area contributed by atoms with E-state index in [0.717, 1.165) is 0 Å². The molecule has 90 valence electrons. The Morgan fingerprint density at radius 2 is 2.06 bits per heavy atom. The van der Waals surface area contributed by atoms with E-state index in [0.29, 0.717) is 17.7 Å². The summed E-state index contributed by atoms with van der Waals surface area (Å²) in [5.41, 5.74) is 1.22. The molecule has 0 N–H and O–H groups in total. The van der Waals surface area contributed by atoms with Crippen LogP contribution in [0.1, 0.15) is 17.3 Å². The van der Waals surface area contributed by atoms with Gasteiger partial charge in [0.15, 0.2) is 0 Å². The Morgan fingerprint density at radius 1 is 1.35 bits per heavy atom. The highest BCUT2D eigenvalue weighted by molar-refractivity contribution is 5.89. The second kappa shape index (κ2) is 7.28. The van der Waals surface area contributed by atoms with E-state index in [4.69, 9.17) is 9.47 Å². The van der Waals surface area contributed by atoms with E-state index in [2.05, 4.69) is 6.58 Å². The monoisotopic (exact) mass is 232 g/mol. The lowest BCUT2D eigenvalue weighted by Gasteiger charge is -2.04. The molecule has 0 heterocycles. The second-order valence-electron chi connectivity index (χ2n) is 3.36. The van der Waals surface area contributed by atoms with Crippen LogP contribution in [0.25, 0.3) is 0 Å². The molecule has 17 heavy (non-hydrogen) atoms. The molecule has 0 aliphatic heterocycles. The molecule has 1 aromatic rings. The van der Waals surface area contributed by atoms with Gasteiger partial charge in [-0.15, -0.1) is 0 Å². The van der Waals surface area contributed by atoms with Gasteiger partial charge in [-0.25, -0.2) is 4.79 Å². The van der Waals surface area contributed by atoms with Crippen LogP contribution in [0, 0.1) is 0 Å². The van der Waals surface area contributed by atoms with Crippen molar-refractivity contribution in [2.75, 3.05) is 13.2 Å². The Kier molecular flexibility index (Phi) is 5.58. The predicted molar refractivity (Wildman–Crippen MR) is 66.6 cm³/mol. The van der Waals surface area contributed by atoms with Crippen molar-refractivity contribution in [1.29, 1.82) is 0 Å². The van der Waals surface area contributed by atoms with Crippen LogP contribution in [0.5, 0.6) is 0 Å². The van der Waals surface area contributed by atoms with Crippen molar-refractivity contribution in [2.45, 2.75) is 6.92 Å². The van der Waals surface area contributed by atoms with Crippen LogP contribution in [0.2, 0.25) is 0 Å². The van der Waals surface area contributed by atoms with Crippen molar-refractivity contribution in [3.63, 3.8) is 0 Å². The lowest BCUT2D eigenvalue weighted by Crippen LogP contribution is -2.06. The number of esters is 1. The van der Waals surface area contributed by atoms with Gasteiger partial charge in [0.1, 0.15) is 6.61 Å². The Balaban J connectivity index is 2.36. The molecule has 0 aliphatic rings. The van der Waals surface area contributed by atoms with Crippen LogP contribution < -0.4 is 0 Å². The third kappa shape index (κ3) is 5.02. The molecular weight excluding hydrogens is 216 g/mol. The Labute approximate surface area is 101 Å². The first-order valence-corrected chi connectivity index (χ1v) is 5.42. The van der Waals surface area contributed by atoms with E-state index in [1.807, 2.05) is 13.0 Å². The molecule has 0 bridgehead atoms. The molecular formula is C14H16O3. The lowest BCUT2D eigenvalue weighted by molar-refractivity contribution is 0.0543. The third-order valence-corrected chi connectivity index (χ3v) is 1.96. The summed E-state index contributed by atoms with van der Waals surface area (Å²) in [6, 6.07) is 8.85. The van der Waals surface area contributed by atoms with Gasteiger partial charge in [0.25, 0.3) is 0 Å². The third-order valence-electron chi connectivity index (χ3n) is 1.96. The average Bonchev–Trinajstić information content (AvgIpc) is 2.37. The molecule has 0 amide bonds. The topological polar surface area (TPSA) is 35.5 Å². The van der Waals surface area contributed by atoms with Gasteiger partial charge in [0.2, 0.25) is 0 Å². The highest BCUT2D eigenvalue weighted by Gasteiger charge is 2.05. The van der Waals surface area contributed by atoms with Crippen LogP contribution in [0.15, 0.2) is 54.8 Å². The molecule has 3 nitrogen and oxygen atoms in total. The number of rotatable bonds is 6. The Hall–Kier alpha value is -2.03. The number of ether oxygens (including phenoxy) is 2. The van der Waals surface area contributed by atoms with Crippen molar-refractivity contribution in [2.24, 2.45) is 0 Å². The fraction of sp³-hybridized carbons (Fsp3) is 0.214. The van der Waals surface area contributed by atoms with E-state index in [1.54, 1.807) is 36.6 Å². The zero-order chi connectivity index (χ0) is 12.5. The van der Waals surface area contributed by atoms with E-state index in [1.165, 1.54) is 0 Å². The van der Waals surface area contributed by atoms with Gasteiger partial charge < -0.3 is 9.47 Å². The first kappa shape index (κ1) is 13.0. The van der Waals surface area contributed by atoms with Crippen LogP contribution in [-0.2, 0) is 9.47 Å². The minimum absolute atomic E-state index is 0.164. The summed E-state index contributed by atoms with van der Waals surface area (Å²) in [6.45, 7) is 6.41. The summed E-state index contributed by atoms with van der Waals surface area (Å²) in [5, 5.41) is 0. The number of hydrogen-bond donors (Lipinski definition) is 0. The number of benzene rings is 1. The molecule has 0 spiro atoms. The molecule has 1 aromatic carbocycles. The fourth-order valence-electron chi connectivity index (χ4n) is 1.10. The SMILES string of the molecule is C=C(/C=C\OCC)COC(=O)c1ccccc1. The average molecular weight is 232 g/mol. The molecule has 0 saturated carbocycles. The quantitative estimate of drug-likeness (QED) is 0.430. The zero-order valence-corrected chi connectivity index (χ0v) is 9.89. The summed E-state index contributed by atoms with van der Waals surface area (Å²) < 4.78 is 10.1. The van der Waals surface area contributed by atoms with Crippen LogP contribution in [0.4, 0.5) is 0 Å². The summed E-state index contributed by atoms with van der Waals surface area (Å²) in [7, 11) is 0. The van der Waals surface area contributed by atoms with E-state index in [9.17, 15) is 4.79 Å². The lowest BCUT2D eigenvalue weighted by atomic mass is 10.2. The van der Waals surface area contributed by atoms with Gasteiger partial charge in [0.05, 0.1) is 18.4 Å². The minimum Gasteiger partial charge on any atom is -0.501 e. The molecule has 0 atom stereocenters. The number of carbonyl (C=O) groups excluding carboxylic acids is 1. The molecule has 0 saturated heterocycles. The van der Waals surface area contributed by atoms with E-state index < -0.39 is 0 Å². The predicted octanol–water partition coefficient (Wildman–Crippen LogP) is 2.95. The highest BCUT2D eigenvalue weighted by atomic mass is 16.5. The van der Waals surface area contributed by atoms with Gasteiger partial charge in [-0.3, -0.25) is 0 Å². The zero-order valence-electron chi connectivity index (χ0n) is 9.89. The van der Waals surface area contributed by atoms with Crippen molar-refractivity contribution in [3.05, 3.63) is 60.4 Å². The molecule has 3 heteroatoms. The fourth-order valence-corrected chi connectivity index (χ4v) is 1.10.